The van der Waals surface area contributed by atoms with Gasteiger partial charge in [0.2, 0.25) is 10.0 Å². The Morgan fingerprint density at radius 2 is 1.81 bits per heavy atom. The number of halogens is 2. The van der Waals surface area contributed by atoms with E-state index < -0.39 is 39.8 Å². The highest BCUT2D eigenvalue weighted by Gasteiger charge is 2.37. The number of carbonyl (C=O) groups excluding carboxylic acids is 1. The van der Waals surface area contributed by atoms with Gasteiger partial charge in [-0.3, -0.25) is 0 Å². The van der Waals surface area contributed by atoms with Gasteiger partial charge in [0, 0.05) is 18.2 Å². The fourth-order valence-corrected chi connectivity index (χ4v) is 5.50. The summed E-state index contributed by atoms with van der Waals surface area (Å²) < 4.78 is 65.2. The summed E-state index contributed by atoms with van der Waals surface area (Å²) in [5.74, 6) is -1.23. The molecule has 0 radical (unpaired) electrons. The average Bonchev–Trinajstić information content (AvgIpc) is 2.72. The van der Waals surface area contributed by atoms with Crippen LogP contribution in [-0.4, -0.2) is 64.1 Å². The van der Waals surface area contributed by atoms with E-state index in [2.05, 4.69) is 4.72 Å². The number of nitrogens with one attached hydrogen (secondary N) is 1. The summed E-state index contributed by atoms with van der Waals surface area (Å²) >= 11 is 0. The monoisotopic (exact) mass is 460 g/mol. The number of nitrogens with zero attached hydrogens (tertiary/aromatic N) is 1. The standard InChI is InChI=1S/C21H30F2N2O5S/c1-29-21(26)25-12-4-7-18(24-31(2,27)28)19(25)13-30-15-10-8-14(9-11-15)20-16(22)5-3-6-17(20)23/h3,5-6,14-15,18-19,24H,4,7-13H2,1-2H3/t14-,15+,18-,19-/m0/s1. The Labute approximate surface area is 182 Å². The second-order valence-electron chi connectivity index (χ2n) is 8.31. The first kappa shape index (κ1) is 23.9. The zero-order valence-electron chi connectivity index (χ0n) is 17.9. The number of ether oxygens (including phenoxy) is 2. The van der Waals surface area contributed by atoms with Gasteiger partial charge in [-0.25, -0.2) is 26.7 Å². The lowest BCUT2D eigenvalue weighted by atomic mass is 9.82. The molecule has 0 aromatic heterocycles. The largest absolute Gasteiger partial charge is 0.453 e. The number of hydrogen-bond acceptors (Lipinski definition) is 5. The lowest BCUT2D eigenvalue weighted by Crippen LogP contribution is -2.59. The minimum atomic E-state index is -3.46. The van der Waals surface area contributed by atoms with Crippen LogP contribution in [-0.2, 0) is 19.5 Å². The normalized spacial score (nSPS) is 27.2. The van der Waals surface area contributed by atoms with Gasteiger partial charge in [0.25, 0.3) is 0 Å². The van der Waals surface area contributed by atoms with E-state index in [4.69, 9.17) is 9.47 Å². The summed E-state index contributed by atoms with van der Waals surface area (Å²) in [4.78, 5) is 13.7. The summed E-state index contributed by atoms with van der Waals surface area (Å²) in [6, 6.07) is 2.96. The van der Waals surface area contributed by atoms with Crippen LogP contribution >= 0.6 is 0 Å². The zero-order chi connectivity index (χ0) is 22.6. The van der Waals surface area contributed by atoms with E-state index >= 15 is 0 Å². The molecule has 0 bridgehead atoms. The quantitative estimate of drug-likeness (QED) is 0.705. The van der Waals surface area contributed by atoms with Crippen LogP contribution < -0.4 is 4.72 Å². The van der Waals surface area contributed by atoms with Crippen molar-refractivity contribution in [3.05, 3.63) is 35.4 Å². The summed E-state index contributed by atoms with van der Waals surface area (Å²) in [7, 11) is -2.17. The molecule has 0 spiro atoms. The molecule has 1 aliphatic heterocycles. The molecule has 1 heterocycles. The molecule has 1 aromatic carbocycles. The van der Waals surface area contributed by atoms with Crippen LogP contribution in [0.4, 0.5) is 13.6 Å². The number of rotatable bonds is 6. The molecule has 1 aromatic rings. The van der Waals surface area contributed by atoms with Gasteiger partial charge in [-0.15, -0.1) is 0 Å². The summed E-state index contributed by atoms with van der Waals surface area (Å²) in [5, 5.41) is 0. The van der Waals surface area contributed by atoms with Gasteiger partial charge in [0.15, 0.2) is 0 Å². The number of likely N-dealkylation sites (tertiary alicyclic amines) is 1. The molecule has 174 valence electrons. The molecule has 2 atom stereocenters. The Hall–Kier alpha value is -1.78. The van der Waals surface area contributed by atoms with E-state index in [1.54, 1.807) is 0 Å². The minimum Gasteiger partial charge on any atom is -0.453 e. The van der Waals surface area contributed by atoms with E-state index in [0.717, 1.165) is 6.26 Å². The molecule has 3 rings (SSSR count). The molecule has 1 saturated heterocycles. The lowest BCUT2D eigenvalue weighted by molar-refractivity contribution is -0.0247. The summed E-state index contributed by atoms with van der Waals surface area (Å²) in [5.41, 5.74) is 0.141. The SMILES string of the molecule is COC(=O)N1CCC[C@H](NS(C)(=O)=O)[C@@H]1CO[C@H]1CC[C@@H](c2c(F)cccc2F)CC1. The van der Waals surface area contributed by atoms with Crippen molar-refractivity contribution in [3.63, 3.8) is 0 Å². The average molecular weight is 461 g/mol. The number of methoxy groups -OCH3 is 1. The first-order valence-electron chi connectivity index (χ1n) is 10.6. The third kappa shape index (κ3) is 6.14. The van der Waals surface area contributed by atoms with Crippen LogP contribution in [0, 0.1) is 11.6 Å². The van der Waals surface area contributed by atoms with Crippen molar-refractivity contribution in [2.45, 2.75) is 62.6 Å². The Morgan fingerprint density at radius 3 is 2.39 bits per heavy atom. The van der Waals surface area contributed by atoms with Crippen LogP contribution in [0.1, 0.15) is 50.0 Å². The predicted octanol–water partition coefficient (Wildman–Crippen LogP) is 3.16. The van der Waals surface area contributed by atoms with E-state index in [1.807, 2.05) is 0 Å². The molecular formula is C21H30F2N2O5S. The van der Waals surface area contributed by atoms with Gasteiger partial charge in [0.1, 0.15) is 11.6 Å². The molecular weight excluding hydrogens is 430 g/mol. The van der Waals surface area contributed by atoms with Crippen molar-refractivity contribution in [1.29, 1.82) is 0 Å². The van der Waals surface area contributed by atoms with E-state index in [9.17, 15) is 22.0 Å². The molecule has 10 heteroatoms. The number of piperidine rings is 1. The highest BCUT2D eigenvalue weighted by atomic mass is 32.2. The molecule has 7 nitrogen and oxygen atoms in total. The molecule has 2 fully saturated rings. The first-order chi connectivity index (χ1) is 14.7. The van der Waals surface area contributed by atoms with Gasteiger partial charge in [-0.1, -0.05) is 6.07 Å². The zero-order valence-corrected chi connectivity index (χ0v) is 18.7. The molecule has 1 saturated carbocycles. The van der Waals surface area contributed by atoms with E-state index in [1.165, 1.54) is 30.2 Å². The summed E-state index contributed by atoms with van der Waals surface area (Å²) in [6.07, 6.45) is 4.15. The topological polar surface area (TPSA) is 84.9 Å². The predicted molar refractivity (Wildman–Crippen MR) is 111 cm³/mol. The first-order valence-corrected chi connectivity index (χ1v) is 12.5. The fraction of sp³-hybridized carbons (Fsp3) is 0.667. The second-order valence-corrected chi connectivity index (χ2v) is 10.1. The van der Waals surface area contributed by atoms with E-state index in [0.29, 0.717) is 45.1 Å². The van der Waals surface area contributed by atoms with Crippen LogP contribution in [0.15, 0.2) is 18.2 Å². The van der Waals surface area contributed by atoms with Gasteiger partial charge in [0.05, 0.1) is 32.1 Å². The Morgan fingerprint density at radius 1 is 1.16 bits per heavy atom. The highest BCUT2D eigenvalue weighted by Crippen LogP contribution is 2.36. The molecule has 0 unspecified atom stereocenters. The third-order valence-corrected chi connectivity index (χ3v) is 6.87. The number of sulfonamides is 1. The molecule has 2 aliphatic rings. The molecule has 1 aliphatic carbocycles. The third-order valence-electron chi connectivity index (χ3n) is 6.14. The Kier molecular flexibility index (Phi) is 7.87. The number of benzene rings is 1. The van der Waals surface area contributed by atoms with Crippen molar-refractivity contribution in [1.82, 2.24) is 9.62 Å². The molecule has 31 heavy (non-hydrogen) atoms. The fourth-order valence-electron chi connectivity index (χ4n) is 4.67. The maximum absolute atomic E-state index is 14.1. The van der Waals surface area contributed by atoms with Gasteiger partial charge >= 0.3 is 6.09 Å². The highest BCUT2D eigenvalue weighted by molar-refractivity contribution is 7.88. The van der Waals surface area contributed by atoms with Gasteiger partial charge < -0.3 is 14.4 Å². The van der Waals surface area contributed by atoms with Crippen molar-refractivity contribution < 1.29 is 31.5 Å². The second kappa shape index (κ2) is 10.2. The molecule has 1 N–H and O–H groups in total. The van der Waals surface area contributed by atoms with Crippen LogP contribution in [0.2, 0.25) is 0 Å². The van der Waals surface area contributed by atoms with Crippen molar-refractivity contribution in [2.75, 3.05) is 26.5 Å². The smallest absolute Gasteiger partial charge is 0.409 e. The Balaban J connectivity index is 1.62. The van der Waals surface area contributed by atoms with Crippen LogP contribution in [0.25, 0.3) is 0 Å². The van der Waals surface area contributed by atoms with Gasteiger partial charge in [-0.2, -0.15) is 0 Å². The number of amides is 1. The maximum atomic E-state index is 14.1. The minimum absolute atomic E-state index is 0.119. The van der Waals surface area contributed by atoms with Crippen molar-refractivity contribution >= 4 is 16.1 Å². The van der Waals surface area contributed by atoms with Crippen molar-refractivity contribution in [2.24, 2.45) is 0 Å². The van der Waals surface area contributed by atoms with Crippen LogP contribution in [0.3, 0.4) is 0 Å². The lowest BCUT2D eigenvalue weighted by Gasteiger charge is -2.41. The number of carbonyl (C=O) groups is 1. The number of hydrogen-bond donors (Lipinski definition) is 1. The molecule has 1 amide bonds. The van der Waals surface area contributed by atoms with Gasteiger partial charge in [-0.05, 0) is 56.6 Å². The summed E-state index contributed by atoms with van der Waals surface area (Å²) in [6.45, 7) is 0.619. The van der Waals surface area contributed by atoms with E-state index in [-0.39, 0.29) is 24.2 Å². The Bertz CT molecular complexity index is 854. The maximum Gasteiger partial charge on any atom is 0.409 e. The van der Waals surface area contributed by atoms with Crippen molar-refractivity contribution in [3.8, 4) is 0 Å². The van der Waals surface area contributed by atoms with Crippen LogP contribution in [0.5, 0.6) is 0 Å².